The standard InChI is InChI=1S/C16H17Cl2N3O2.2ClH/c1-10(7-19)8-21-16(22)11-5-6-14(20-9-11)23-13-4-2-3-12(17)15(13)18;;/h2-6,9-10H,7-8,19H2,1H3,(H,21,22);2*1H. The van der Waals surface area contributed by atoms with E-state index in [-0.39, 0.29) is 36.6 Å². The first-order valence-corrected chi connectivity index (χ1v) is 7.83. The van der Waals surface area contributed by atoms with E-state index in [9.17, 15) is 4.79 Å². The molecule has 2 rings (SSSR count). The summed E-state index contributed by atoms with van der Waals surface area (Å²) in [5, 5.41) is 3.51. The van der Waals surface area contributed by atoms with Crippen LogP contribution in [-0.4, -0.2) is 24.0 Å². The van der Waals surface area contributed by atoms with Gasteiger partial charge in [0.2, 0.25) is 5.88 Å². The summed E-state index contributed by atoms with van der Waals surface area (Å²) in [5.74, 6) is 0.742. The van der Waals surface area contributed by atoms with Gasteiger partial charge < -0.3 is 15.8 Å². The molecule has 5 nitrogen and oxygen atoms in total. The molecule has 0 spiro atoms. The number of pyridine rings is 1. The van der Waals surface area contributed by atoms with E-state index in [2.05, 4.69) is 10.3 Å². The van der Waals surface area contributed by atoms with E-state index in [0.29, 0.717) is 40.3 Å². The molecule has 0 saturated carbocycles. The molecule has 0 bridgehead atoms. The number of carbonyl (C=O) groups is 1. The van der Waals surface area contributed by atoms with Crippen LogP contribution < -0.4 is 15.8 Å². The fraction of sp³-hybridized carbons (Fsp3) is 0.250. The Morgan fingerprint density at radius 2 is 2.00 bits per heavy atom. The number of amides is 1. The minimum absolute atomic E-state index is 0. The largest absolute Gasteiger partial charge is 0.437 e. The van der Waals surface area contributed by atoms with Gasteiger partial charge >= 0.3 is 0 Å². The Labute approximate surface area is 169 Å². The second kappa shape index (κ2) is 11.4. The molecule has 0 radical (unpaired) electrons. The number of benzene rings is 1. The van der Waals surface area contributed by atoms with Crippen LogP contribution in [0.4, 0.5) is 0 Å². The molecule has 0 aliphatic heterocycles. The van der Waals surface area contributed by atoms with Gasteiger partial charge in [0.05, 0.1) is 10.6 Å². The van der Waals surface area contributed by atoms with Gasteiger partial charge in [-0.2, -0.15) is 0 Å². The molecule has 1 atom stereocenters. The Morgan fingerprint density at radius 3 is 2.60 bits per heavy atom. The van der Waals surface area contributed by atoms with Crippen LogP contribution in [0.15, 0.2) is 36.5 Å². The Balaban J connectivity index is 0.00000288. The van der Waals surface area contributed by atoms with Crippen LogP contribution in [0.2, 0.25) is 10.0 Å². The number of nitrogens with two attached hydrogens (primary N) is 1. The summed E-state index contributed by atoms with van der Waals surface area (Å²) in [4.78, 5) is 16.1. The van der Waals surface area contributed by atoms with E-state index in [1.54, 1.807) is 30.3 Å². The monoisotopic (exact) mass is 425 g/mol. The zero-order valence-corrected chi connectivity index (χ0v) is 16.5. The molecule has 1 unspecified atom stereocenters. The van der Waals surface area contributed by atoms with Crippen molar-refractivity contribution in [1.29, 1.82) is 0 Å². The number of halogens is 4. The number of hydrogen-bond acceptors (Lipinski definition) is 4. The van der Waals surface area contributed by atoms with E-state index in [1.165, 1.54) is 6.20 Å². The van der Waals surface area contributed by atoms with Crippen LogP contribution in [0.3, 0.4) is 0 Å². The Kier molecular flexibility index (Phi) is 10.8. The number of rotatable bonds is 6. The highest BCUT2D eigenvalue weighted by atomic mass is 35.5. The first-order chi connectivity index (χ1) is 11.0. The molecule has 9 heteroatoms. The lowest BCUT2D eigenvalue weighted by Gasteiger charge is -2.10. The maximum atomic E-state index is 12.0. The van der Waals surface area contributed by atoms with Crippen LogP contribution >= 0.6 is 48.0 Å². The fourth-order valence-corrected chi connectivity index (χ4v) is 2.03. The molecule has 138 valence electrons. The average molecular weight is 427 g/mol. The third-order valence-electron chi connectivity index (χ3n) is 3.14. The summed E-state index contributed by atoms with van der Waals surface area (Å²) in [6, 6.07) is 8.30. The summed E-state index contributed by atoms with van der Waals surface area (Å²) in [7, 11) is 0. The van der Waals surface area contributed by atoms with Crippen LogP contribution in [0.5, 0.6) is 11.6 Å². The Hall–Kier alpha value is -1.24. The topological polar surface area (TPSA) is 77.2 Å². The highest BCUT2D eigenvalue weighted by molar-refractivity contribution is 6.42. The van der Waals surface area contributed by atoms with Gasteiger partial charge in [-0.1, -0.05) is 36.2 Å². The molecule has 25 heavy (non-hydrogen) atoms. The van der Waals surface area contributed by atoms with Crippen LogP contribution in [0.25, 0.3) is 0 Å². The molecule has 1 amide bonds. The predicted octanol–water partition coefficient (Wildman–Crippen LogP) is 4.35. The van der Waals surface area contributed by atoms with E-state index in [4.69, 9.17) is 33.7 Å². The van der Waals surface area contributed by atoms with Gasteiger partial charge in [0.1, 0.15) is 10.8 Å². The second-order valence-corrected chi connectivity index (χ2v) is 5.88. The van der Waals surface area contributed by atoms with E-state index < -0.39 is 0 Å². The number of aromatic nitrogens is 1. The summed E-state index contributed by atoms with van der Waals surface area (Å²) in [6.45, 7) is 3.00. The van der Waals surface area contributed by atoms with Crippen molar-refractivity contribution in [1.82, 2.24) is 10.3 Å². The summed E-state index contributed by atoms with van der Waals surface area (Å²) < 4.78 is 5.56. The van der Waals surface area contributed by atoms with Crippen molar-refractivity contribution in [2.45, 2.75) is 6.92 Å². The van der Waals surface area contributed by atoms with Gasteiger partial charge in [0, 0.05) is 18.8 Å². The SMILES string of the molecule is CC(CN)CNC(=O)c1ccc(Oc2cccc(Cl)c2Cl)nc1.Cl.Cl. The number of nitrogens with one attached hydrogen (secondary N) is 1. The summed E-state index contributed by atoms with van der Waals surface area (Å²) in [5.41, 5.74) is 5.96. The van der Waals surface area contributed by atoms with Gasteiger partial charge in [-0.3, -0.25) is 4.79 Å². The molecule has 1 aromatic carbocycles. The molecule has 3 N–H and O–H groups in total. The quantitative estimate of drug-likeness (QED) is 0.719. The molecular weight excluding hydrogens is 408 g/mol. The minimum Gasteiger partial charge on any atom is -0.437 e. The molecule has 0 aliphatic rings. The number of ether oxygens (including phenoxy) is 1. The molecule has 1 heterocycles. The zero-order chi connectivity index (χ0) is 16.8. The van der Waals surface area contributed by atoms with E-state index >= 15 is 0 Å². The van der Waals surface area contributed by atoms with Gasteiger partial charge in [-0.25, -0.2) is 4.98 Å². The predicted molar refractivity (Wildman–Crippen MR) is 106 cm³/mol. The van der Waals surface area contributed by atoms with Crippen molar-refractivity contribution >= 4 is 53.9 Å². The highest BCUT2D eigenvalue weighted by Gasteiger charge is 2.10. The lowest BCUT2D eigenvalue weighted by molar-refractivity contribution is 0.0948. The molecule has 0 aliphatic carbocycles. The van der Waals surface area contributed by atoms with Crippen molar-refractivity contribution < 1.29 is 9.53 Å². The van der Waals surface area contributed by atoms with E-state index in [0.717, 1.165) is 0 Å². The number of nitrogens with zero attached hydrogens (tertiary/aromatic N) is 1. The molecule has 0 fully saturated rings. The molecule has 0 saturated heterocycles. The van der Waals surface area contributed by atoms with Crippen molar-refractivity contribution in [2.75, 3.05) is 13.1 Å². The van der Waals surface area contributed by atoms with Gasteiger partial charge in [0.15, 0.2) is 0 Å². The minimum atomic E-state index is -0.204. The Bertz CT molecular complexity index is 684. The van der Waals surface area contributed by atoms with Crippen molar-refractivity contribution in [2.24, 2.45) is 11.7 Å². The summed E-state index contributed by atoms with van der Waals surface area (Å²) >= 11 is 12.0. The third kappa shape index (κ3) is 6.88. The number of carbonyl (C=O) groups excluding carboxylic acids is 1. The zero-order valence-electron chi connectivity index (χ0n) is 13.4. The molecule has 2 aromatic rings. The Morgan fingerprint density at radius 1 is 1.28 bits per heavy atom. The van der Waals surface area contributed by atoms with Crippen LogP contribution in [-0.2, 0) is 0 Å². The van der Waals surface area contributed by atoms with Crippen molar-refractivity contribution in [3.63, 3.8) is 0 Å². The van der Waals surface area contributed by atoms with E-state index in [1.807, 2.05) is 6.92 Å². The smallest absolute Gasteiger partial charge is 0.252 e. The molecular formula is C16H19Cl4N3O2. The maximum absolute atomic E-state index is 12.0. The lowest BCUT2D eigenvalue weighted by atomic mass is 10.2. The van der Waals surface area contributed by atoms with Crippen molar-refractivity contribution in [3.8, 4) is 11.6 Å². The van der Waals surface area contributed by atoms with Crippen LogP contribution in [0.1, 0.15) is 17.3 Å². The van der Waals surface area contributed by atoms with Gasteiger partial charge in [-0.05, 0) is 30.7 Å². The normalized spacial score (nSPS) is 10.9. The first kappa shape index (κ1) is 23.8. The third-order valence-corrected chi connectivity index (χ3v) is 3.94. The van der Waals surface area contributed by atoms with Gasteiger partial charge in [0.25, 0.3) is 5.91 Å². The maximum Gasteiger partial charge on any atom is 0.252 e. The highest BCUT2D eigenvalue weighted by Crippen LogP contribution is 2.33. The second-order valence-electron chi connectivity index (χ2n) is 5.09. The summed E-state index contributed by atoms with van der Waals surface area (Å²) in [6.07, 6.45) is 1.44. The molecule has 1 aromatic heterocycles. The van der Waals surface area contributed by atoms with Crippen molar-refractivity contribution in [3.05, 3.63) is 52.1 Å². The fourth-order valence-electron chi connectivity index (χ4n) is 1.70. The number of hydrogen-bond donors (Lipinski definition) is 2. The first-order valence-electron chi connectivity index (χ1n) is 7.07. The average Bonchev–Trinajstić information content (AvgIpc) is 2.57. The van der Waals surface area contributed by atoms with Crippen LogP contribution in [0, 0.1) is 5.92 Å². The lowest BCUT2D eigenvalue weighted by Crippen LogP contribution is -2.31. The van der Waals surface area contributed by atoms with Gasteiger partial charge in [-0.15, -0.1) is 24.8 Å².